The lowest BCUT2D eigenvalue weighted by Gasteiger charge is -2.16. The minimum absolute atomic E-state index is 0.00351. The summed E-state index contributed by atoms with van der Waals surface area (Å²) in [6.07, 6.45) is 5.49. The van der Waals surface area contributed by atoms with E-state index in [1.165, 1.54) is 23.1 Å². The Morgan fingerprint density at radius 1 is 1.24 bits per heavy atom. The van der Waals surface area contributed by atoms with Gasteiger partial charge in [-0.15, -0.1) is 0 Å². The molecule has 1 aliphatic rings. The van der Waals surface area contributed by atoms with Gasteiger partial charge in [-0.2, -0.15) is 5.10 Å². The van der Waals surface area contributed by atoms with Gasteiger partial charge in [-0.05, 0) is 31.0 Å². The molecule has 8 heteroatoms. The normalized spacial score (nSPS) is 14.2. The van der Waals surface area contributed by atoms with Crippen LogP contribution in [0.5, 0.6) is 0 Å². The number of hydrogen-bond donors (Lipinski definition) is 1. The van der Waals surface area contributed by atoms with E-state index >= 15 is 0 Å². The van der Waals surface area contributed by atoms with Crippen LogP contribution < -0.4 is 10.2 Å². The minimum Gasteiger partial charge on any atom is -0.356 e. The van der Waals surface area contributed by atoms with E-state index in [1.807, 2.05) is 0 Å². The number of amides is 1. The fourth-order valence-corrected chi connectivity index (χ4v) is 3.08. The Morgan fingerprint density at radius 2 is 2.08 bits per heavy atom. The first kappa shape index (κ1) is 15.5. The molecule has 0 atom stereocenters. The molecular weight excluding hydrogens is 323 g/mol. The fourth-order valence-electron chi connectivity index (χ4n) is 3.08. The van der Waals surface area contributed by atoms with Crippen LogP contribution in [0.2, 0.25) is 0 Å². The molecule has 1 saturated heterocycles. The first-order valence-electron chi connectivity index (χ1n) is 8.17. The number of rotatable bonds is 4. The zero-order valence-corrected chi connectivity index (χ0v) is 13.5. The molecule has 0 saturated carbocycles. The molecule has 1 amide bonds. The number of carbonyl (C=O) groups is 1. The molecule has 0 radical (unpaired) electrons. The van der Waals surface area contributed by atoms with E-state index in [4.69, 9.17) is 0 Å². The van der Waals surface area contributed by atoms with Crippen LogP contribution >= 0.6 is 0 Å². The molecule has 1 aromatic carbocycles. The van der Waals surface area contributed by atoms with E-state index in [1.54, 1.807) is 18.3 Å². The van der Waals surface area contributed by atoms with Gasteiger partial charge in [0.25, 0.3) is 0 Å². The maximum atomic E-state index is 13.2. The molecule has 0 unspecified atom stereocenters. The van der Waals surface area contributed by atoms with Crippen LogP contribution in [0.1, 0.15) is 12.8 Å². The van der Waals surface area contributed by atoms with Crippen molar-refractivity contribution in [2.24, 2.45) is 0 Å². The Hall–Kier alpha value is -3.03. The monoisotopic (exact) mass is 340 g/mol. The molecule has 3 heterocycles. The second-order valence-electron chi connectivity index (χ2n) is 5.99. The zero-order chi connectivity index (χ0) is 17.2. The van der Waals surface area contributed by atoms with Crippen molar-refractivity contribution in [3.05, 3.63) is 42.6 Å². The van der Waals surface area contributed by atoms with Gasteiger partial charge in [-0.1, -0.05) is 6.07 Å². The molecule has 128 valence electrons. The standard InChI is InChI=1S/C17H17FN6O/c18-12-4-3-5-13(8-12)22-15(25)10-24-17-14(9-21-24)16(19-11-20-17)23-6-1-2-7-23/h3-5,8-9,11H,1-2,6-7,10H2,(H,22,25). The molecule has 2 aromatic heterocycles. The molecule has 0 aliphatic carbocycles. The highest BCUT2D eigenvalue weighted by Crippen LogP contribution is 2.25. The number of benzene rings is 1. The summed E-state index contributed by atoms with van der Waals surface area (Å²) >= 11 is 0. The third-order valence-corrected chi connectivity index (χ3v) is 4.22. The van der Waals surface area contributed by atoms with E-state index < -0.39 is 5.82 Å². The first-order valence-corrected chi connectivity index (χ1v) is 8.17. The quantitative estimate of drug-likeness (QED) is 0.788. The molecule has 1 fully saturated rings. The van der Waals surface area contributed by atoms with Crippen molar-refractivity contribution in [1.29, 1.82) is 0 Å². The molecular formula is C17H17FN6O. The SMILES string of the molecule is O=C(Cn1ncc2c(N3CCCC3)ncnc21)Nc1cccc(F)c1. The molecule has 0 spiro atoms. The summed E-state index contributed by atoms with van der Waals surface area (Å²) in [6, 6.07) is 5.78. The van der Waals surface area contributed by atoms with Crippen LogP contribution in [-0.2, 0) is 11.3 Å². The van der Waals surface area contributed by atoms with Gasteiger partial charge in [0.2, 0.25) is 5.91 Å². The van der Waals surface area contributed by atoms with E-state index in [0.29, 0.717) is 11.3 Å². The number of anilines is 2. The average Bonchev–Trinajstić information content (AvgIpc) is 3.25. The minimum atomic E-state index is -0.398. The van der Waals surface area contributed by atoms with Gasteiger partial charge in [-0.3, -0.25) is 4.79 Å². The highest BCUT2D eigenvalue weighted by atomic mass is 19.1. The van der Waals surface area contributed by atoms with Gasteiger partial charge in [0.1, 0.15) is 24.5 Å². The second-order valence-corrected chi connectivity index (χ2v) is 5.99. The third-order valence-electron chi connectivity index (χ3n) is 4.22. The molecule has 25 heavy (non-hydrogen) atoms. The van der Waals surface area contributed by atoms with Crippen molar-refractivity contribution in [3.63, 3.8) is 0 Å². The van der Waals surface area contributed by atoms with Crippen LogP contribution in [0.3, 0.4) is 0 Å². The molecule has 4 rings (SSSR count). The predicted molar refractivity (Wildman–Crippen MR) is 91.8 cm³/mol. The molecule has 7 nitrogen and oxygen atoms in total. The summed E-state index contributed by atoms with van der Waals surface area (Å²) in [5, 5.41) is 7.78. The van der Waals surface area contributed by atoms with E-state index in [2.05, 4.69) is 25.3 Å². The van der Waals surface area contributed by atoms with Crippen molar-refractivity contribution >= 4 is 28.4 Å². The maximum Gasteiger partial charge on any atom is 0.246 e. The molecule has 3 aromatic rings. The number of fused-ring (bicyclic) bond motifs is 1. The lowest BCUT2D eigenvalue weighted by atomic mass is 10.3. The summed E-state index contributed by atoms with van der Waals surface area (Å²) in [5.41, 5.74) is 1.03. The molecule has 1 N–H and O–H groups in total. The fraction of sp³-hybridized carbons (Fsp3) is 0.294. The van der Waals surface area contributed by atoms with Crippen molar-refractivity contribution < 1.29 is 9.18 Å². The number of carbonyl (C=O) groups excluding carboxylic acids is 1. The Morgan fingerprint density at radius 3 is 2.88 bits per heavy atom. The number of halogens is 1. The molecule has 1 aliphatic heterocycles. The van der Waals surface area contributed by atoms with Crippen LogP contribution in [0.15, 0.2) is 36.8 Å². The summed E-state index contributed by atoms with van der Waals surface area (Å²) in [7, 11) is 0. The van der Waals surface area contributed by atoms with Crippen molar-refractivity contribution in [1.82, 2.24) is 19.7 Å². The van der Waals surface area contributed by atoms with E-state index in [9.17, 15) is 9.18 Å². The van der Waals surface area contributed by atoms with Crippen molar-refractivity contribution in [3.8, 4) is 0 Å². The highest BCUT2D eigenvalue weighted by molar-refractivity contribution is 5.92. The topological polar surface area (TPSA) is 75.9 Å². The Kier molecular flexibility index (Phi) is 4.01. The Balaban J connectivity index is 1.55. The predicted octanol–water partition coefficient (Wildman–Crippen LogP) is 2.20. The van der Waals surface area contributed by atoms with E-state index in [0.717, 1.165) is 37.1 Å². The lowest BCUT2D eigenvalue weighted by molar-refractivity contribution is -0.116. The molecule has 0 bridgehead atoms. The van der Waals surface area contributed by atoms with Gasteiger partial charge in [-0.25, -0.2) is 19.0 Å². The second kappa shape index (κ2) is 6.46. The number of nitrogens with one attached hydrogen (secondary N) is 1. The summed E-state index contributed by atoms with van der Waals surface area (Å²) in [4.78, 5) is 23.1. The van der Waals surface area contributed by atoms with Crippen LogP contribution in [-0.4, -0.2) is 38.7 Å². The third kappa shape index (κ3) is 3.15. The van der Waals surface area contributed by atoms with Crippen molar-refractivity contribution in [2.75, 3.05) is 23.3 Å². The smallest absolute Gasteiger partial charge is 0.246 e. The Bertz CT molecular complexity index is 918. The van der Waals surface area contributed by atoms with Crippen LogP contribution in [0, 0.1) is 5.82 Å². The van der Waals surface area contributed by atoms with Gasteiger partial charge in [0, 0.05) is 18.8 Å². The van der Waals surface area contributed by atoms with E-state index in [-0.39, 0.29) is 12.5 Å². The summed E-state index contributed by atoms with van der Waals surface area (Å²) in [5.74, 6) is 0.168. The van der Waals surface area contributed by atoms with Gasteiger partial charge < -0.3 is 10.2 Å². The van der Waals surface area contributed by atoms with Crippen molar-refractivity contribution in [2.45, 2.75) is 19.4 Å². The van der Waals surface area contributed by atoms with Crippen LogP contribution in [0.4, 0.5) is 15.9 Å². The summed E-state index contributed by atoms with van der Waals surface area (Å²) < 4.78 is 14.7. The Labute approximate surface area is 143 Å². The number of hydrogen-bond acceptors (Lipinski definition) is 5. The number of nitrogens with zero attached hydrogens (tertiary/aromatic N) is 5. The largest absolute Gasteiger partial charge is 0.356 e. The maximum absolute atomic E-state index is 13.2. The van der Waals surface area contributed by atoms with Gasteiger partial charge in [0.15, 0.2) is 5.65 Å². The van der Waals surface area contributed by atoms with Crippen LogP contribution in [0.25, 0.3) is 11.0 Å². The van der Waals surface area contributed by atoms with Gasteiger partial charge >= 0.3 is 0 Å². The average molecular weight is 340 g/mol. The number of aromatic nitrogens is 4. The first-order chi connectivity index (χ1) is 12.2. The lowest BCUT2D eigenvalue weighted by Crippen LogP contribution is -2.21. The highest BCUT2D eigenvalue weighted by Gasteiger charge is 2.19. The zero-order valence-electron chi connectivity index (χ0n) is 13.5. The van der Waals surface area contributed by atoms with Gasteiger partial charge in [0.05, 0.1) is 11.6 Å². The summed E-state index contributed by atoms with van der Waals surface area (Å²) in [6.45, 7) is 1.94.